The molecule has 0 amide bonds. The van der Waals surface area contributed by atoms with Crippen LogP contribution in [0.2, 0.25) is 0 Å². The highest BCUT2D eigenvalue weighted by Gasteiger charge is 2.27. The minimum Gasteiger partial charge on any atom is -0.454 e. The number of allylic oxidation sites excluding steroid dienone is 2. The third kappa shape index (κ3) is 5.50. The van der Waals surface area contributed by atoms with Gasteiger partial charge >= 0.3 is 0 Å². The highest BCUT2D eigenvalue weighted by molar-refractivity contribution is 5.44. The summed E-state index contributed by atoms with van der Waals surface area (Å²) in [6.07, 6.45) is 9.41. The quantitative estimate of drug-likeness (QED) is 0.556. The Morgan fingerprint density at radius 3 is 2.68 bits per heavy atom. The fraction of sp³-hybridized carbons (Fsp3) is 0.636. The zero-order valence-electron chi connectivity index (χ0n) is 16.3. The second-order valence-corrected chi connectivity index (χ2v) is 7.41. The Kier molecular flexibility index (Phi) is 7.37. The van der Waals surface area contributed by atoms with E-state index in [4.69, 9.17) is 9.47 Å². The van der Waals surface area contributed by atoms with Gasteiger partial charge in [-0.1, -0.05) is 45.4 Å². The fourth-order valence-electron chi connectivity index (χ4n) is 3.46. The molecular weight excluding hydrogens is 312 g/mol. The normalized spacial score (nSPS) is 16.3. The monoisotopic (exact) mass is 346 g/mol. The summed E-state index contributed by atoms with van der Waals surface area (Å²) in [7, 11) is 0. The molecule has 0 bridgehead atoms. The summed E-state index contributed by atoms with van der Waals surface area (Å²) in [6.45, 7) is 8.87. The summed E-state index contributed by atoms with van der Waals surface area (Å²) in [6, 6.07) is 6.21. The number of ether oxygens (including phenoxy) is 2. The Bertz CT molecular complexity index is 577. The molecule has 0 aromatic heterocycles. The lowest BCUT2D eigenvalue weighted by molar-refractivity contribution is -0.0180. The molecule has 1 atom stereocenters. The van der Waals surface area contributed by atoms with E-state index in [1.807, 2.05) is 6.07 Å². The van der Waals surface area contributed by atoms with E-state index in [0.717, 1.165) is 56.4 Å². The van der Waals surface area contributed by atoms with Crippen molar-refractivity contribution < 1.29 is 14.6 Å². The van der Waals surface area contributed by atoms with E-state index in [1.165, 1.54) is 11.1 Å². The lowest BCUT2D eigenvalue weighted by Crippen LogP contribution is -2.34. The largest absolute Gasteiger partial charge is 0.454 e. The lowest BCUT2D eigenvalue weighted by Gasteiger charge is -2.31. The van der Waals surface area contributed by atoms with Gasteiger partial charge in [0.15, 0.2) is 11.5 Å². The lowest BCUT2D eigenvalue weighted by atomic mass is 9.82. The number of hydrogen-bond acceptors (Lipinski definition) is 3. The van der Waals surface area contributed by atoms with Gasteiger partial charge in [-0.3, -0.25) is 0 Å². The first-order valence-corrected chi connectivity index (χ1v) is 9.77. The van der Waals surface area contributed by atoms with E-state index < -0.39 is 5.60 Å². The maximum Gasteiger partial charge on any atom is 0.231 e. The van der Waals surface area contributed by atoms with E-state index in [0.29, 0.717) is 12.7 Å². The van der Waals surface area contributed by atoms with Crippen LogP contribution in [0.25, 0.3) is 0 Å². The third-order valence-electron chi connectivity index (χ3n) is 5.55. The number of fused-ring (bicyclic) bond motifs is 1. The number of aliphatic hydroxyl groups is 1. The predicted octanol–water partition coefficient (Wildman–Crippen LogP) is 5.65. The minimum absolute atomic E-state index is 0.317. The van der Waals surface area contributed by atoms with Gasteiger partial charge in [0, 0.05) is 0 Å². The van der Waals surface area contributed by atoms with E-state index in [1.54, 1.807) is 0 Å². The molecule has 140 valence electrons. The van der Waals surface area contributed by atoms with E-state index in [-0.39, 0.29) is 0 Å². The number of rotatable bonds is 10. The van der Waals surface area contributed by atoms with Crippen LogP contribution < -0.4 is 9.47 Å². The van der Waals surface area contributed by atoms with Crippen LogP contribution >= 0.6 is 0 Å². The Morgan fingerprint density at radius 1 is 1.24 bits per heavy atom. The maximum absolute atomic E-state index is 10.6. The van der Waals surface area contributed by atoms with Crippen molar-refractivity contribution in [1.82, 2.24) is 0 Å². The molecule has 1 N–H and O–H groups in total. The summed E-state index contributed by atoms with van der Waals surface area (Å²) >= 11 is 0. The van der Waals surface area contributed by atoms with Crippen LogP contribution in [0.4, 0.5) is 0 Å². The highest BCUT2D eigenvalue weighted by atomic mass is 16.7. The first kappa shape index (κ1) is 19.8. The van der Waals surface area contributed by atoms with Crippen molar-refractivity contribution in [2.24, 2.45) is 5.92 Å². The average molecular weight is 347 g/mol. The summed E-state index contributed by atoms with van der Waals surface area (Å²) in [5.41, 5.74) is 2.28. The molecule has 25 heavy (non-hydrogen) atoms. The molecule has 2 rings (SSSR count). The van der Waals surface area contributed by atoms with Crippen molar-refractivity contribution >= 4 is 0 Å². The first-order chi connectivity index (χ1) is 12.0. The second kappa shape index (κ2) is 9.28. The molecule has 1 aromatic carbocycles. The SMILES string of the molecule is CCC(=CCCc1ccc2c(c1)OCO2)CCCC(O)(CC)C(C)C. The van der Waals surface area contributed by atoms with Crippen molar-refractivity contribution in [2.75, 3.05) is 6.79 Å². The molecule has 0 radical (unpaired) electrons. The van der Waals surface area contributed by atoms with Gasteiger partial charge in [0.2, 0.25) is 6.79 Å². The summed E-state index contributed by atoms with van der Waals surface area (Å²) in [4.78, 5) is 0. The van der Waals surface area contributed by atoms with Crippen molar-refractivity contribution in [3.8, 4) is 11.5 Å². The molecule has 1 aliphatic heterocycles. The summed E-state index contributed by atoms with van der Waals surface area (Å²) in [5, 5.41) is 10.6. The Labute approximate surface area is 153 Å². The number of hydrogen-bond donors (Lipinski definition) is 1. The van der Waals surface area contributed by atoms with Gasteiger partial charge in [-0.2, -0.15) is 0 Å². The Balaban J connectivity index is 1.80. The molecule has 3 nitrogen and oxygen atoms in total. The molecular formula is C22H34O3. The second-order valence-electron chi connectivity index (χ2n) is 7.41. The van der Waals surface area contributed by atoms with Gasteiger partial charge in [-0.25, -0.2) is 0 Å². The Hall–Kier alpha value is -1.48. The summed E-state index contributed by atoms with van der Waals surface area (Å²) < 4.78 is 10.8. The van der Waals surface area contributed by atoms with Gasteiger partial charge < -0.3 is 14.6 Å². The van der Waals surface area contributed by atoms with E-state index >= 15 is 0 Å². The minimum atomic E-state index is -0.509. The van der Waals surface area contributed by atoms with E-state index in [9.17, 15) is 5.11 Å². The van der Waals surface area contributed by atoms with Crippen molar-refractivity contribution in [2.45, 2.75) is 78.2 Å². The van der Waals surface area contributed by atoms with Crippen LogP contribution in [0, 0.1) is 5.92 Å². The molecule has 3 heteroatoms. The van der Waals surface area contributed by atoms with Crippen LogP contribution in [0.3, 0.4) is 0 Å². The van der Waals surface area contributed by atoms with Gasteiger partial charge in [-0.15, -0.1) is 0 Å². The van der Waals surface area contributed by atoms with Crippen LogP contribution in [0.1, 0.15) is 71.8 Å². The van der Waals surface area contributed by atoms with Gasteiger partial charge in [0.1, 0.15) is 0 Å². The van der Waals surface area contributed by atoms with Crippen LogP contribution in [0.5, 0.6) is 11.5 Å². The average Bonchev–Trinajstić information content (AvgIpc) is 3.07. The van der Waals surface area contributed by atoms with Gasteiger partial charge in [0.05, 0.1) is 5.60 Å². The van der Waals surface area contributed by atoms with E-state index in [2.05, 4.69) is 45.9 Å². The van der Waals surface area contributed by atoms with Crippen molar-refractivity contribution in [3.63, 3.8) is 0 Å². The van der Waals surface area contributed by atoms with Crippen molar-refractivity contribution in [1.29, 1.82) is 0 Å². The van der Waals surface area contributed by atoms with Crippen LogP contribution in [-0.2, 0) is 6.42 Å². The van der Waals surface area contributed by atoms with Gasteiger partial charge in [0.25, 0.3) is 0 Å². The number of aryl methyl sites for hydroxylation is 1. The molecule has 0 fully saturated rings. The zero-order valence-corrected chi connectivity index (χ0v) is 16.3. The van der Waals surface area contributed by atoms with Crippen molar-refractivity contribution in [3.05, 3.63) is 35.4 Å². The molecule has 1 aromatic rings. The van der Waals surface area contributed by atoms with Crippen LogP contribution in [-0.4, -0.2) is 17.5 Å². The molecule has 1 heterocycles. The number of benzene rings is 1. The molecule has 1 unspecified atom stereocenters. The highest BCUT2D eigenvalue weighted by Crippen LogP contribution is 2.33. The van der Waals surface area contributed by atoms with Gasteiger partial charge in [-0.05, 0) is 68.6 Å². The predicted molar refractivity (Wildman–Crippen MR) is 103 cm³/mol. The maximum atomic E-state index is 10.6. The standard InChI is InChI=1S/C22H34O3/c1-5-18(11-8-14-22(23,6-2)17(3)4)9-7-10-19-12-13-20-21(15-19)25-16-24-20/h9,12-13,15,17,23H,5-8,10-11,14,16H2,1-4H3. The molecule has 0 spiro atoms. The molecule has 0 saturated heterocycles. The third-order valence-corrected chi connectivity index (χ3v) is 5.55. The topological polar surface area (TPSA) is 38.7 Å². The zero-order chi connectivity index (χ0) is 18.3. The Morgan fingerprint density at radius 2 is 2.00 bits per heavy atom. The fourth-order valence-corrected chi connectivity index (χ4v) is 3.46. The molecule has 0 saturated carbocycles. The smallest absolute Gasteiger partial charge is 0.231 e. The molecule has 1 aliphatic rings. The summed E-state index contributed by atoms with van der Waals surface area (Å²) in [5.74, 6) is 2.03. The van der Waals surface area contributed by atoms with Crippen LogP contribution in [0.15, 0.2) is 29.8 Å². The first-order valence-electron chi connectivity index (χ1n) is 9.77. The molecule has 0 aliphatic carbocycles.